The molecule has 0 aliphatic rings. The molecule has 1 rings (SSSR count). The fourth-order valence-electron chi connectivity index (χ4n) is 1.49. The molecule has 0 bridgehead atoms. The quantitative estimate of drug-likeness (QED) is 0.864. The van der Waals surface area contributed by atoms with Gasteiger partial charge in [-0.1, -0.05) is 28.1 Å². The van der Waals surface area contributed by atoms with Gasteiger partial charge in [-0.3, -0.25) is 4.79 Å². The van der Waals surface area contributed by atoms with E-state index in [0.717, 1.165) is 5.33 Å². The van der Waals surface area contributed by atoms with E-state index in [1.165, 1.54) is 6.07 Å². The van der Waals surface area contributed by atoms with E-state index in [1.807, 2.05) is 13.8 Å². The maximum atomic E-state index is 12.1. The Balaban J connectivity index is 2.95. The number of benzene rings is 1. The van der Waals surface area contributed by atoms with Crippen molar-refractivity contribution in [2.24, 2.45) is 0 Å². The highest BCUT2D eigenvalue weighted by Crippen LogP contribution is 2.19. The van der Waals surface area contributed by atoms with E-state index in [2.05, 4.69) is 15.9 Å². The van der Waals surface area contributed by atoms with Crippen LogP contribution in [-0.2, 0) is 0 Å². The number of hydrogen-bond acceptors (Lipinski definition) is 2. The molecule has 0 atom stereocenters. The molecule has 0 aliphatic heterocycles. The number of amides is 1. The van der Waals surface area contributed by atoms with Crippen molar-refractivity contribution >= 4 is 21.8 Å². The number of para-hydroxylation sites is 1. The second-order valence-corrected chi connectivity index (χ2v) is 4.59. The third-order valence-corrected chi connectivity index (χ3v) is 2.70. The molecule has 1 aromatic rings. The second-order valence-electron chi connectivity index (χ2n) is 3.80. The highest BCUT2D eigenvalue weighted by Gasteiger charge is 2.20. The normalized spacial score (nSPS) is 10.5. The lowest BCUT2D eigenvalue weighted by molar-refractivity contribution is 0.0716. The molecule has 0 fully saturated rings. The van der Waals surface area contributed by atoms with Crippen LogP contribution < -0.4 is 0 Å². The molecule has 0 aliphatic carbocycles. The number of carbonyl (C=O) groups is 1. The summed E-state index contributed by atoms with van der Waals surface area (Å²) < 4.78 is 0. The first-order valence-electron chi connectivity index (χ1n) is 5.23. The number of halogens is 1. The molecular weight excluding hydrogens is 270 g/mol. The van der Waals surface area contributed by atoms with Crippen LogP contribution in [0.2, 0.25) is 0 Å². The van der Waals surface area contributed by atoms with E-state index in [9.17, 15) is 9.90 Å². The van der Waals surface area contributed by atoms with Gasteiger partial charge in [-0.15, -0.1) is 0 Å². The summed E-state index contributed by atoms with van der Waals surface area (Å²) in [5.41, 5.74) is 0.358. The van der Waals surface area contributed by atoms with Gasteiger partial charge >= 0.3 is 0 Å². The standard InChI is InChI=1S/C12H16BrNO2/c1-9(2)14(8-7-13)12(16)10-5-3-4-6-11(10)15/h3-6,9,15H,7-8H2,1-2H3. The lowest BCUT2D eigenvalue weighted by atomic mass is 10.1. The Bertz CT molecular complexity index is 366. The van der Waals surface area contributed by atoms with Crippen LogP contribution in [0, 0.1) is 0 Å². The zero-order valence-electron chi connectivity index (χ0n) is 9.48. The van der Waals surface area contributed by atoms with Gasteiger partial charge in [-0.05, 0) is 26.0 Å². The van der Waals surface area contributed by atoms with Crippen LogP contribution in [0.25, 0.3) is 0 Å². The second kappa shape index (κ2) is 5.89. The fourth-order valence-corrected chi connectivity index (χ4v) is 1.88. The van der Waals surface area contributed by atoms with Crippen molar-refractivity contribution in [1.82, 2.24) is 4.90 Å². The van der Waals surface area contributed by atoms with Crippen LogP contribution in [-0.4, -0.2) is 33.8 Å². The molecule has 1 aromatic carbocycles. The molecule has 0 heterocycles. The first-order chi connectivity index (χ1) is 7.57. The van der Waals surface area contributed by atoms with Gasteiger partial charge in [-0.2, -0.15) is 0 Å². The Kier molecular flexibility index (Phi) is 4.80. The monoisotopic (exact) mass is 285 g/mol. The molecule has 4 heteroatoms. The third kappa shape index (κ3) is 2.98. The molecule has 0 aromatic heterocycles. The van der Waals surface area contributed by atoms with Crippen LogP contribution >= 0.6 is 15.9 Å². The summed E-state index contributed by atoms with van der Waals surface area (Å²) in [4.78, 5) is 13.9. The predicted molar refractivity (Wildman–Crippen MR) is 68.1 cm³/mol. The van der Waals surface area contributed by atoms with Gasteiger partial charge in [0.15, 0.2) is 0 Å². The van der Waals surface area contributed by atoms with E-state index >= 15 is 0 Å². The van der Waals surface area contributed by atoms with Gasteiger partial charge in [0.1, 0.15) is 5.75 Å². The van der Waals surface area contributed by atoms with E-state index < -0.39 is 0 Å². The van der Waals surface area contributed by atoms with Crippen molar-refractivity contribution in [2.75, 3.05) is 11.9 Å². The smallest absolute Gasteiger partial charge is 0.257 e. The van der Waals surface area contributed by atoms with Crippen LogP contribution in [0.5, 0.6) is 5.75 Å². The predicted octanol–water partition coefficient (Wildman–Crippen LogP) is 2.64. The topological polar surface area (TPSA) is 40.5 Å². The Labute approximate surface area is 104 Å². The molecule has 1 N–H and O–H groups in total. The summed E-state index contributed by atoms with van der Waals surface area (Å²) in [7, 11) is 0. The number of alkyl halides is 1. The molecule has 0 saturated carbocycles. The molecule has 16 heavy (non-hydrogen) atoms. The van der Waals surface area contributed by atoms with Gasteiger partial charge in [0.2, 0.25) is 0 Å². The Morgan fingerprint density at radius 3 is 2.56 bits per heavy atom. The molecule has 0 unspecified atom stereocenters. The number of nitrogens with zero attached hydrogens (tertiary/aromatic N) is 1. The van der Waals surface area contributed by atoms with Gasteiger partial charge in [0, 0.05) is 17.9 Å². The number of phenolic OH excluding ortho intramolecular Hbond substituents is 1. The minimum Gasteiger partial charge on any atom is -0.507 e. The third-order valence-electron chi connectivity index (χ3n) is 2.34. The molecule has 0 spiro atoms. The summed E-state index contributed by atoms with van der Waals surface area (Å²) >= 11 is 3.32. The molecule has 0 radical (unpaired) electrons. The fraction of sp³-hybridized carbons (Fsp3) is 0.417. The maximum Gasteiger partial charge on any atom is 0.257 e. The number of rotatable bonds is 4. The van der Waals surface area contributed by atoms with Gasteiger partial charge in [0.05, 0.1) is 5.56 Å². The average Bonchev–Trinajstić information content (AvgIpc) is 2.25. The largest absolute Gasteiger partial charge is 0.507 e. The summed E-state index contributed by atoms with van der Waals surface area (Å²) in [6, 6.07) is 6.74. The summed E-state index contributed by atoms with van der Waals surface area (Å²) in [6.07, 6.45) is 0. The molecule has 88 valence electrons. The van der Waals surface area contributed by atoms with Gasteiger partial charge in [0.25, 0.3) is 5.91 Å². The van der Waals surface area contributed by atoms with Crippen LogP contribution in [0.15, 0.2) is 24.3 Å². The zero-order valence-corrected chi connectivity index (χ0v) is 11.1. The lowest BCUT2D eigenvalue weighted by Crippen LogP contribution is -2.38. The summed E-state index contributed by atoms with van der Waals surface area (Å²) in [5, 5.41) is 10.3. The summed E-state index contributed by atoms with van der Waals surface area (Å²) in [6.45, 7) is 4.55. The van der Waals surface area contributed by atoms with Crippen molar-refractivity contribution in [2.45, 2.75) is 19.9 Å². The number of hydrogen-bond donors (Lipinski definition) is 1. The number of phenols is 1. The van der Waals surface area contributed by atoms with Crippen LogP contribution in [0.4, 0.5) is 0 Å². The molecule has 0 saturated heterocycles. The SMILES string of the molecule is CC(C)N(CCBr)C(=O)c1ccccc1O. The number of carbonyl (C=O) groups excluding carboxylic acids is 1. The lowest BCUT2D eigenvalue weighted by Gasteiger charge is -2.26. The first kappa shape index (κ1) is 13.0. The highest BCUT2D eigenvalue weighted by molar-refractivity contribution is 9.09. The zero-order chi connectivity index (χ0) is 12.1. The van der Waals surface area contributed by atoms with Crippen molar-refractivity contribution in [3.63, 3.8) is 0 Å². The van der Waals surface area contributed by atoms with Gasteiger partial charge in [-0.25, -0.2) is 0 Å². The molecular formula is C12H16BrNO2. The summed E-state index contributed by atoms with van der Waals surface area (Å²) in [5.74, 6) is -0.0970. The maximum absolute atomic E-state index is 12.1. The van der Waals surface area contributed by atoms with Crippen molar-refractivity contribution < 1.29 is 9.90 Å². The minimum atomic E-state index is -0.132. The van der Waals surface area contributed by atoms with E-state index in [-0.39, 0.29) is 17.7 Å². The highest BCUT2D eigenvalue weighted by atomic mass is 79.9. The Morgan fingerprint density at radius 2 is 2.06 bits per heavy atom. The molecule has 1 amide bonds. The Morgan fingerprint density at radius 1 is 1.44 bits per heavy atom. The number of aromatic hydroxyl groups is 1. The Hall–Kier alpha value is -1.03. The van der Waals surface area contributed by atoms with Crippen molar-refractivity contribution in [3.8, 4) is 5.75 Å². The molecule has 3 nitrogen and oxygen atoms in total. The van der Waals surface area contributed by atoms with Crippen molar-refractivity contribution in [3.05, 3.63) is 29.8 Å². The van der Waals surface area contributed by atoms with Crippen LogP contribution in [0.1, 0.15) is 24.2 Å². The van der Waals surface area contributed by atoms with E-state index in [1.54, 1.807) is 23.1 Å². The van der Waals surface area contributed by atoms with E-state index in [0.29, 0.717) is 12.1 Å². The van der Waals surface area contributed by atoms with Crippen molar-refractivity contribution in [1.29, 1.82) is 0 Å². The van der Waals surface area contributed by atoms with Crippen LogP contribution in [0.3, 0.4) is 0 Å². The van der Waals surface area contributed by atoms with E-state index in [4.69, 9.17) is 0 Å². The minimum absolute atomic E-state index is 0.0349. The first-order valence-corrected chi connectivity index (χ1v) is 6.35. The average molecular weight is 286 g/mol. The van der Waals surface area contributed by atoms with Gasteiger partial charge < -0.3 is 10.0 Å².